The Morgan fingerprint density at radius 3 is 2.81 bits per heavy atom. The molecule has 0 aromatic carbocycles. The molecule has 0 amide bonds. The second-order valence-electron chi connectivity index (χ2n) is 5.37. The van der Waals surface area contributed by atoms with Crippen molar-refractivity contribution in [2.24, 2.45) is 0 Å². The van der Waals surface area contributed by atoms with Gasteiger partial charge in [-0.3, -0.25) is 0 Å². The van der Waals surface area contributed by atoms with Gasteiger partial charge in [0.15, 0.2) is 0 Å². The van der Waals surface area contributed by atoms with Crippen molar-refractivity contribution in [2.75, 3.05) is 13.1 Å². The lowest BCUT2D eigenvalue weighted by Gasteiger charge is -2.17. The van der Waals surface area contributed by atoms with Crippen molar-refractivity contribution in [1.29, 1.82) is 0 Å². The monoisotopic (exact) mass is 326 g/mol. The second-order valence-corrected chi connectivity index (χ2v) is 8.67. The fourth-order valence-corrected chi connectivity index (χ4v) is 5.22. The van der Waals surface area contributed by atoms with Crippen LogP contribution >= 0.6 is 11.3 Å². The summed E-state index contributed by atoms with van der Waals surface area (Å²) in [4.78, 5) is 1.10. The molecule has 6 heteroatoms. The van der Waals surface area contributed by atoms with E-state index in [1.165, 1.54) is 28.5 Å². The first kappa shape index (κ1) is 16.5. The Bertz CT molecular complexity index is 625. The quantitative estimate of drug-likeness (QED) is 0.746. The van der Waals surface area contributed by atoms with Crippen molar-refractivity contribution in [1.82, 2.24) is 9.62 Å². The van der Waals surface area contributed by atoms with E-state index in [1.807, 2.05) is 13.8 Å². The van der Waals surface area contributed by atoms with Gasteiger partial charge in [-0.2, -0.15) is 4.31 Å². The van der Waals surface area contributed by atoms with Crippen molar-refractivity contribution in [3.05, 3.63) is 16.5 Å². The van der Waals surface area contributed by atoms with Gasteiger partial charge in [0.25, 0.3) is 10.0 Å². The van der Waals surface area contributed by atoms with E-state index in [2.05, 4.69) is 11.2 Å². The topological polar surface area (TPSA) is 49.4 Å². The molecule has 1 fully saturated rings. The molecular formula is C15H22N2O2S2. The van der Waals surface area contributed by atoms with Crippen LogP contribution in [0, 0.1) is 19.3 Å². The SMILES string of the molecule is C#CCN(CCC)S(=O)(=O)c1cc(C)c(CNC2CC2)s1. The summed E-state index contributed by atoms with van der Waals surface area (Å²) < 4.78 is 27.1. The van der Waals surface area contributed by atoms with Gasteiger partial charge in [0.1, 0.15) is 4.21 Å². The van der Waals surface area contributed by atoms with Gasteiger partial charge in [-0.25, -0.2) is 8.42 Å². The lowest BCUT2D eigenvalue weighted by molar-refractivity contribution is 0.447. The van der Waals surface area contributed by atoms with E-state index in [0.717, 1.165) is 23.4 Å². The normalized spacial score (nSPS) is 15.3. The Balaban J connectivity index is 2.18. The number of nitrogens with zero attached hydrogens (tertiary/aromatic N) is 1. The van der Waals surface area contributed by atoms with Gasteiger partial charge < -0.3 is 5.32 Å². The molecule has 0 spiro atoms. The van der Waals surface area contributed by atoms with Crippen LogP contribution < -0.4 is 5.32 Å². The van der Waals surface area contributed by atoms with E-state index in [1.54, 1.807) is 6.07 Å². The van der Waals surface area contributed by atoms with Crippen LogP contribution in [0.1, 0.15) is 36.6 Å². The first-order valence-electron chi connectivity index (χ1n) is 7.25. The number of nitrogens with one attached hydrogen (secondary N) is 1. The van der Waals surface area contributed by atoms with Gasteiger partial charge in [0.05, 0.1) is 6.54 Å². The minimum Gasteiger partial charge on any atom is -0.309 e. The number of rotatable bonds is 8. The third kappa shape index (κ3) is 4.07. The van der Waals surface area contributed by atoms with E-state index >= 15 is 0 Å². The molecule has 0 radical (unpaired) electrons. The maximum atomic E-state index is 12.6. The number of terminal acetylenes is 1. The Hall–Kier alpha value is -0.870. The maximum Gasteiger partial charge on any atom is 0.253 e. The first-order chi connectivity index (χ1) is 9.98. The summed E-state index contributed by atoms with van der Waals surface area (Å²) in [5.41, 5.74) is 1.03. The number of hydrogen-bond donors (Lipinski definition) is 1. The third-order valence-electron chi connectivity index (χ3n) is 3.46. The number of aryl methyl sites for hydroxylation is 1. The zero-order valence-electron chi connectivity index (χ0n) is 12.6. The molecule has 0 unspecified atom stereocenters. The molecule has 1 saturated carbocycles. The van der Waals surface area contributed by atoms with Crippen molar-refractivity contribution in [3.8, 4) is 12.3 Å². The molecule has 1 N–H and O–H groups in total. The van der Waals surface area contributed by atoms with Crippen molar-refractivity contribution >= 4 is 21.4 Å². The number of hydrogen-bond acceptors (Lipinski definition) is 4. The van der Waals surface area contributed by atoms with Crippen LogP contribution in [0.25, 0.3) is 0 Å². The standard InChI is InChI=1S/C15H22N2O2S2/c1-4-8-17(9-5-2)21(18,19)15-10-12(3)14(20-15)11-16-13-6-7-13/h1,10,13,16H,5-9,11H2,2-3H3. The molecule has 1 aliphatic rings. The third-order valence-corrected chi connectivity index (χ3v) is 6.99. The molecule has 116 valence electrons. The second kappa shape index (κ2) is 6.93. The van der Waals surface area contributed by atoms with E-state index < -0.39 is 10.0 Å². The fourth-order valence-electron chi connectivity index (χ4n) is 2.08. The van der Waals surface area contributed by atoms with Crippen LogP contribution in [0.2, 0.25) is 0 Å². The minimum atomic E-state index is -3.47. The summed E-state index contributed by atoms with van der Waals surface area (Å²) in [6, 6.07) is 2.38. The average Bonchev–Trinajstić information content (AvgIpc) is 3.19. The van der Waals surface area contributed by atoms with Crippen molar-refractivity contribution in [2.45, 2.75) is 49.9 Å². The highest BCUT2D eigenvalue weighted by atomic mass is 32.2. The highest BCUT2D eigenvalue weighted by molar-refractivity contribution is 7.91. The Morgan fingerprint density at radius 1 is 1.52 bits per heavy atom. The molecule has 0 atom stereocenters. The summed E-state index contributed by atoms with van der Waals surface area (Å²) in [5.74, 6) is 2.44. The number of sulfonamides is 1. The molecule has 21 heavy (non-hydrogen) atoms. The fraction of sp³-hybridized carbons (Fsp3) is 0.600. The van der Waals surface area contributed by atoms with Gasteiger partial charge in [-0.05, 0) is 37.8 Å². The first-order valence-corrected chi connectivity index (χ1v) is 9.51. The van der Waals surface area contributed by atoms with E-state index in [0.29, 0.717) is 16.8 Å². The highest BCUT2D eigenvalue weighted by Crippen LogP contribution is 2.29. The van der Waals surface area contributed by atoms with Gasteiger partial charge in [0, 0.05) is 24.0 Å². The lowest BCUT2D eigenvalue weighted by atomic mass is 10.3. The van der Waals surface area contributed by atoms with Gasteiger partial charge >= 0.3 is 0 Å². The molecule has 4 nitrogen and oxygen atoms in total. The molecule has 0 aliphatic heterocycles. The van der Waals surface area contributed by atoms with Crippen LogP contribution in [0.3, 0.4) is 0 Å². The molecule has 0 saturated heterocycles. The maximum absolute atomic E-state index is 12.6. The van der Waals surface area contributed by atoms with Crippen LogP contribution in [-0.4, -0.2) is 31.9 Å². The summed E-state index contributed by atoms with van der Waals surface area (Å²) in [6.07, 6.45) is 8.49. The highest BCUT2D eigenvalue weighted by Gasteiger charge is 2.26. The van der Waals surface area contributed by atoms with E-state index in [-0.39, 0.29) is 6.54 Å². The Kier molecular flexibility index (Phi) is 5.44. The van der Waals surface area contributed by atoms with Crippen LogP contribution in [0.5, 0.6) is 0 Å². The predicted molar refractivity (Wildman–Crippen MR) is 86.8 cm³/mol. The van der Waals surface area contributed by atoms with Gasteiger partial charge in [-0.1, -0.05) is 12.8 Å². The zero-order valence-corrected chi connectivity index (χ0v) is 14.2. The molecule has 1 heterocycles. The molecule has 1 aromatic heterocycles. The summed E-state index contributed by atoms with van der Waals surface area (Å²) in [7, 11) is -3.47. The van der Waals surface area contributed by atoms with Gasteiger partial charge in [0.2, 0.25) is 0 Å². The molecule has 1 aromatic rings. The predicted octanol–water partition coefficient (Wildman–Crippen LogP) is 2.34. The summed E-state index contributed by atoms with van der Waals surface area (Å²) in [5, 5.41) is 3.43. The number of thiophene rings is 1. The smallest absolute Gasteiger partial charge is 0.253 e. The van der Waals surface area contributed by atoms with Crippen LogP contribution in [0.4, 0.5) is 0 Å². The van der Waals surface area contributed by atoms with Gasteiger partial charge in [-0.15, -0.1) is 17.8 Å². The molecular weight excluding hydrogens is 304 g/mol. The van der Waals surface area contributed by atoms with E-state index in [9.17, 15) is 8.42 Å². The summed E-state index contributed by atoms with van der Waals surface area (Å²) >= 11 is 1.36. The van der Waals surface area contributed by atoms with E-state index in [4.69, 9.17) is 6.42 Å². The molecule has 2 rings (SSSR count). The van der Waals surface area contributed by atoms with Crippen molar-refractivity contribution in [3.63, 3.8) is 0 Å². The summed E-state index contributed by atoms with van der Waals surface area (Å²) in [6.45, 7) is 5.25. The van der Waals surface area contributed by atoms with Crippen LogP contribution in [-0.2, 0) is 16.6 Å². The lowest BCUT2D eigenvalue weighted by Crippen LogP contribution is -2.31. The molecule has 0 bridgehead atoms. The average molecular weight is 326 g/mol. The molecule has 1 aliphatic carbocycles. The zero-order chi connectivity index (χ0) is 15.5. The largest absolute Gasteiger partial charge is 0.309 e. The van der Waals surface area contributed by atoms with Crippen molar-refractivity contribution < 1.29 is 8.42 Å². The van der Waals surface area contributed by atoms with Crippen LogP contribution in [0.15, 0.2) is 10.3 Å². The Labute approximate surface area is 131 Å². The minimum absolute atomic E-state index is 0.128. The Morgan fingerprint density at radius 2 is 2.24 bits per heavy atom.